The van der Waals surface area contributed by atoms with Gasteiger partial charge in [0.1, 0.15) is 0 Å². The van der Waals surface area contributed by atoms with Gasteiger partial charge in [0.15, 0.2) is 0 Å². The Hall–Kier alpha value is -10.6. The summed E-state index contributed by atoms with van der Waals surface area (Å²) < 4.78 is 18.9. The highest BCUT2D eigenvalue weighted by Gasteiger charge is 2.67. The predicted octanol–water partition coefficient (Wildman–Crippen LogP) is 36.1. The van der Waals surface area contributed by atoms with E-state index < -0.39 is 6.96 Å². The maximum atomic E-state index is 4.44. The summed E-state index contributed by atoms with van der Waals surface area (Å²) in [7, 11) is 0. The van der Waals surface area contributed by atoms with Gasteiger partial charge in [-0.15, -0.1) is 32.0 Å². The topological polar surface area (TPSA) is 24.1 Å². The lowest BCUT2D eigenvalue weighted by molar-refractivity contribution is -0.741. The summed E-state index contributed by atoms with van der Waals surface area (Å²) in [4.78, 5) is 0. The molecule has 0 saturated heterocycles. The van der Waals surface area contributed by atoms with Crippen molar-refractivity contribution in [1.29, 1.82) is 0 Å². The molecular formula is C129H152Br4N8+8. The van der Waals surface area contributed by atoms with Gasteiger partial charge in [0.2, 0.25) is 45.5 Å². The number of hydrogen-bond donors (Lipinski definition) is 0. The molecule has 18 rings (SSSR count). The molecule has 728 valence electrons. The van der Waals surface area contributed by atoms with Crippen molar-refractivity contribution in [2.45, 2.75) is 295 Å². The average molecular weight is 2130 g/mol. The van der Waals surface area contributed by atoms with Gasteiger partial charge < -0.3 is 0 Å². The van der Waals surface area contributed by atoms with Crippen molar-refractivity contribution in [2.24, 2.45) is 0 Å². The second-order valence-corrected chi connectivity index (χ2v) is 48.4. The lowest BCUT2D eigenvalue weighted by Gasteiger charge is -2.23. The van der Waals surface area contributed by atoms with E-state index in [0.717, 1.165) is 73.7 Å². The van der Waals surface area contributed by atoms with Gasteiger partial charge in [-0.25, -0.2) is 0 Å². The Kier molecular flexibility index (Phi) is 31.6. The summed E-state index contributed by atoms with van der Waals surface area (Å²) in [5.74, 6) is 1.66. The van der Waals surface area contributed by atoms with Crippen molar-refractivity contribution in [3.63, 3.8) is 0 Å². The van der Waals surface area contributed by atoms with Gasteiger partial charge in [0, 0.05) is 127 Å². The highest BCUT2D eigenvalue weighted by atomic mass is 79.9. The maximum absolute atomic E-state index is 4.44. The van der Waals surface area contributed by atoms with Crippen LogP contribution in [0.15, 0.2) is 245 Å². The second kappa shape index (κ2) is 42.0. The van der Waals surface area contributed by atoms with E-state index >= 15 is 0 Å². The molecule has 0 bridgehead atoms. The molecule has 0 saturated carbocycles. The van der Waals surface area contributed by atoms with E-state index in [1.54, 1.807) is 0 Å². The molecule has 0 spiro atoms. The van der Waals surface area contributed by atoms with Crippen molar-refractivity contribution >= 4 is 199 Å². The van der Waals surface area contributed by atoms with Crippen molar-refractivity contribution in [3.05, 3.63) is 356 Å². The van der Waals surface area contributed by atoms with E-state index in [4.69, 9.17) is 0 Å². The SMILES string of the molecule is C.C=C(C)c1cccc(CCC)c1[N+]1=C(C)C(C)=[N+](c2c(C)cccc2C(C)C)C1(Br)Br.C=C(C)c1cccc(CCC)c1[N+]1=C(C)C(C)=[N+](c2c(C)cccc2C(C)C)C1(C)C.C=C(C)c1cccc(CCC)c1[N+]1=C2C(=[N+](c3c(C)cccc3C(C)C)C1(Br)Br)c1cccc3cccc2c13.C=C(C)c1cccc(CCC)c1[N+]1=C2C(=[N+](c3c(C)cccc3C(C)C)C1(C)C)c1cccc3cccc2c13. The first-order valence-electron chi connectivity index (χ1n) is 51.0. The minimum absolute atomic E-state index is 0. The number of benzene rings is 12. The molecule has 0 fully saturated rings. The highest BCUT2D eigenvalue weighted by Crippen LogP contribution is 2.55. The van der Waals surface area contributed by atoms with E-state index in [1.807, 2.05) is 0 Å². The molecule has 12 aromatic carbocycles. The fourth-order valence-electron chi connectivity index (χ4n) is 23.2. The van der Waals surface area contributed by atoms with Crippen LogP contribution in [0.3, 0.4) is 0 Å². The summed E-state index contributed by atoms with van der Waals surface area (Å²) in [5.41, 5.74) is 50.3. The molecule has 0 amide bonds. The number of nitrogens with zero attached hydrogens (tertiary/aromatic N) is 8. The number of halogens is 4. The van der Waals surface area contributed by atoms with Gasteiger partial charge in [-0.2, -0.15) is 0 Å². The summed E-state index contributed by atoms with van der Waals surface area (Å²) in [6.45, 7) is 80.7. The normalized spacial score (nSPS) is 15.6. The largest absolute Gasteiger partial charge is 0.473 e. The van der Waals surface area contributed by atoms with E-state index in [2.05, 4.69) is 539 Å². The van der Waals surface area contributed by atoms with Crippen LogP contribution in [0.2, 0.25) is 0 Å². The Balaban J connectivity index is 0.000000150. The van der Waals surface area contributed by atoms with Crippen LogP contribution in [-0.2, 0) is 25.7 Å². The Morgan fingerprint density at radius 1 is 0.262 bits per heavy atom. The average Bonchev–Trinajstić information content (AvgIpc) is 1.52. The van der Waals surface area contributed by atoms with Crippen LogP contribution in [0.1, 0.15) is 334 Å². The van der Waals surface area contributed by atoms with E-state index in [1.165, 1.54) is 224 Å². The van der Waals surface area contributed by atoms with Gasteiger partial charge in [0.05, 0.1) is 114 Å². The van der Waals surface area contributed by atoms with Crippen molar-refractivity contribution in [3.8, 4) is 0 Å². The molecule has 6 aliphatic rings. The number of fused-ring (bicyclic) bond motifs is 6. The minimum Gasteiger partial charge on any atom is -0.126 e. The highest BCUT2D eigenvalue weighted by molar-refractivity contribution is 9.25. The molecule has 141 heavy (non-hydrogen) atoms. The summed E-state index contributed by atoms with van der Waals surface area (Å²) in [5, 5.41) is 5.25. The molecule has 0 aromatic heterocycles. The molecule has 2 aliphatic carbocycles. The lowest BCUT2D eigenvalue weighted by atomic mass is 9.95. The van der Waals surface area contributed by atoms with E-state index in [9.17, 15) is 0 Å². The molecule has 0 unspecified atom stereocenters. The molecule has 12 aromatic rings. The van der Waals surface area contributed by atoms with Crippen LogP contribution in [0.5, 0.6) is 0 Å². The van der Waals surface area contributed by atoms with Gasteiger partial charge in [0.25, 0.3) is 45.7 Å². The van der Waals surface area contributed by atoms with Crippen LogP contribution in [0.25, 0.3) is 43.8 Å². The third kappa shape index (κ3) is 18.4. The van der Waals surface area contributed by atoms with E-state index in [-0.39, 0.29) is 18.8 Å². The zero-order chi connectivity index (χ0) is 101. The van der Waals surface area contributed by atoms with Crippen LogP contribution < -0.4 is 0 Å². The molecule has 4 aliphatic heterocycles. The number of aryl methyl sites for hydroxylation is 8. The third-order valence-corrected chi connectivity index (χ3v) is 32.4. The van der Waals surface area contributed by atoms with E-state index in [0.29, 0.717) is 23.7 Å². The third-order valence-electron chi connectivity index (χ3n) is 29.6. The number of para-hydroxylation sites is 8. The zero-order valence-corrected chi connectivity index (χ0v) is 95.0. The van der Waals surface area contributed by atoms with Crippen LogP contribution in [0, 0.1) is 27.7 Å². The quantitative estimate of drug-likeness (QED) is 0.0327. The smallest absolute Gasteiger partial charge is 0.126 e. The van der Waals surface area contributed by atoms with Crippen molar-refractivity contribution in [2.75, 3.05) is 0 Å². The summed E-state index contributed by atoms with van der Waals surface area (Å²) >= 11 is 16.8. The first-order valence-corrected chi connectivity index (χ1v) is 54.2. The number of alkyl halides is 4. The molecular weight excluding hydrogens is 1980 g/mol. The molecule has 4 heterocycles. The fraction of sp³-hybridized carbons (Fsp3) is 0.349. The molecule has 0 atom stereocenters. The Bertz CT molecular complexity index is 6980. The molecule has 0 N–H and O–H groups in total. The Morgan fingerprint density at radius 2 is 0.461 bits per heavy atom. The minimum atomic E-state index is -0.732. The number of rotatable bonds is 24. The summed E-state index contributed by atoms with van der Waals surface area (Å²) in [6.07, 6.45) is 8.50. The monoisotopic (exact) mass is 2130 g/mol. The van der Waals surface area contributed by atoms with Crippen LogP contribution in [0.4, 0.5) is 45.5 Å². The first kappa shape index (κ1) is 106. The van der Waals surface area contributed by atoms with Crippen LogP contribution >= 0.6 is 63.7 Å². The predicted molar refractivity (Wildman–Crippen MR) is 624 cm³/mol. The molecule has 8 nitrogen and oxygen atoms in total. The fourth-order valence-corrected chi connectivity index (χ4v) is 26.4. The number of allylic oxidation sites excluding steroid dienone is 4. The Morgan fingerprint density at radius 3 is 0.752 bits per heavy atom. The molecule has 12 heteroatoms. The first-order chi connectivity index (χ1) is 66.4. The standard InChI is InChI=1S/C37H40N2.C35H34Br2N2.C29H40N2.C27H34Br2N2.CH4/c1-9-14-27-18-13-20-29(24(4)5)34(27)39-36-31-22-12-17-26-16-11-21-30(32(26)31)35(36)38(37(39,7)8)33-25(6)15-10-19-28(33)23(2)3;1-7-12-25-16-11-18-27(22(4)5)32(25)39-34-29-20-10-15-24-14-9-19-28(30(24)29)33(34)38(35(39,36)37)31-23(6)13-8-17-26(31)21(2)3;1-11-14-24-16-13-18-26(20(4)5)28(24)31-23(8)22(7)30(29(31,9)10)27-21(6)15-12-17-25(27)19(2)3;1-9-12-22-14-11-16-24(18(4)5)26(22)31-21(8)20(7)30(27(31,28)29)25-19(6)13-10-15-23(25)17(2)3;/h10-13,15-23H,4,9,14H2,1-3,5-8H3;8-11,13-21H,4,7,12H2,1-3,5-6H3;12-13,15-19H,4,11,14H2,1-3,5-10H3;10-11,13-17H,4,9,12H2,1-3,5-8H3;1H4/q4*+2;. The summed E-state index contributed by atoms with van der Waals surface area (Å²) in [6, 6.07) is 80.6. The lowest BCUT2D eigenvalue weighted by Crippen LogP contribution is -2.41. The zero-order valence-electron chi connectivity index (χ0n) is 88.7. The van der Waals surface area contributed by atoms with Gasteiger partial charge in [-0.3, -0.25) is 0 Å². The van der Waals surface area contributed by atoms with Crippen molar-refractivity contribution < 1.29 is 36.6 Å². The van der Waals surface area contributed by atoms with Gasteiger partial charge in [-0.05, 0) is 186 Å². The van der Waals surface area contributed by atoms with Crippen LogP contribution in [-0.4, -0.2) is 101 Å². The number of hydrogen-bond acceptors (Lipinski definition) is 0. The van der Waals surface area contributed by atoms with Gasteiger partial charge >= 0.3 is 18.3 Å². The Labute approximate surface area is 878 Å². The maximum Gasteiger partial charge on any atom is 0.473 e. The second-order valence-electron chi connectivity index (χ2n) is 41.9. The van der Waals surface area contributed by atoms with Crippen molar-refractivity contribution in [1.82, 2.24) is 0 Å². The molecule has 0 radical (unpaired) electrons. The van der Waals surface area contributed by atoms with Gasteiger partial charge in [-0.1, -0.05) is 317 Å².